The fourth-order valence-electron chi connectivity index (χ4n) is 2.93. The van der Waals surface area contributed by atoms with Gasteiger partial charge in [0.25, 0.3) is 0 Å². The van der Waals surface area contributed by atoms with Crippen LogP contribution in [0.25, 0.3) is 0 Å². The van der Waals surface area contributed by atoms with Crippen LogP contribution in [0, 0.1) is 11.6 Å². The summed E-state index contributed by atoms with van der Waals surface area (Å²) in [4.78, 5) is 28.3. The van der Waals surface area contributed by atoms with Gasteiger partial charge in [-0.15, -0.1) is 0 Å². The number of carbonyl (C=O) groups is 2. The van der Waals surface area contributed by atoms with Gasteiger partial charge in [0.05, 0.1) is 6.04 Å². The highest BCUT2D eigenvalue weighted by Gasteiger charge is 2.25. The first-order valence-corrected chi connectivity index (χ1v) is 8.70. The first kappa shape index (κ1) is 19.3. The summed E-state index contributed by atoms with van der Waals surface area (Å²) in [6.45, 7) is 6.38. The number of anilines is 1. The topological polar surface area (TPSA) is 52.7 Å². The van der Waals surface area contributed by atoms with E-state index >= 15 is 0 Å². The number of hydrogen-bond acceptors (Lipinski definition) is 3. The third-order valence-electron chi connectivity index (χ3n) is 4.46. The van der Waals surface area contributed by atoms with Gasteiger partial charge in [-0.1, -0.05) is 6.92 Å². The molecule has 138 valence electrons. The minimum Gasteiger partial charge on any atom is -0.341 e. The first-order valence-electron chi connectivity index (χ1n) is 8.70. The summed E-state index contributed by atoms with van der Waals surface area (Å²) in [5, 5.41) is 2.61. The van der Waals surface area contributed by atoms with Gasteiger partial charge in [-0.05, 0) is 31.9 Å². The van der Waals surface area contributed by atoms with Crippen molar-refractivity contribution in [2.45, 2.75) is 39.2 Å². The third-order valence-corrected chi connectivity index (χ3v) is 4.46. The SMILES string of the molecule is CCCC(=O)N1CCCN([C@@H](C)C(=O)Nc2ccc(F)c(F)c2)CC1. The number of halogens is 2. The van der Waals surface area contributed by atoms with Gasteiger partial charge in [-0.25, -0.2) is 8.78 Å². The molecule has 1 aromatic rings. The zero-order valence-corrected chi connectivity index (χ0v) is 14.7. The molecule has 2 rings (SSSR count). The van der Waals surface area contributed by atoms with Crippen LogP contribution < -0.4 is 5.32 Å². The Bertz CT molecular complexity index is 624. The van der Waals surface area contributed by atoms with Crippen LogP contribution in [-0.2, 0) is 9.59 Å². The van der Waals surface area contributed by atoms with Gasteiger partial charge < -0.3 is 10.2 Å². The van der Waals surface area contributed by atoms with Crippen molar-refractivity contribution in [3.63, 3.8) is 0 Å². The molecule has 1 saturated heterocycles. The quantitative estimate of drug-likeness (QED) is 0.885. The Morgan fingerprint density at radius 3 is 2.60 bits per heavy atom. The Hall–Kier alpha value is -2.02. The number of hydrogen-bond donors (Lipinski definition) is 1. The molecule has 0 bridgehead atoms. The van der Waals surface area contributed by atoms with Crippen molar-refractivity contribution in [1.82, 2.24) is 9.80 Å². The van der Waals surface area contributed by atoms with Crippen molar-refractivity contribution in [2.75, 3.05) is 31.5 Å². The molecular weight excluding hydrogens is 328 g/mol. The Morgan fingerprint density at radius 1 is 1.16 bits per heavy atom. The summed E-state index contributed by atoms with van der Waals surface area (Å²) in [7, 11) is 0. The molecule has 0 spiro atoms. The Morgan fingerprint density at radius 2 is 1.92 bits per heavy atom. The minimum absolute atomic E-state index is 0.156. The summed E-state index contributed by atoms with van der Waals surface area (Å²) in [5.74, 6) is -2.07. The molecule has 1 aliphatic rings. The zero-order valence-electron chi connectivity index (χ0n) is 14.7. The maximum atomic E-state index is 13.2. The number of amides is 2. The zero-order chi connectivity index (χ0) is 18.4. The lowest BCUT2D eigenvalue weighted by Gasteiger charge is -2.27. The third kappa shape index (κ3) is 5.22. The lowest BCUT2D eigenvalue weighted by molar-refractivity contribution is -0.131. The van der Waals surface area contributed by atoms with E-state index in [1.807, 2.05) is 16.7 Å². The molecule has 1 aromatic carbocycles. The van der Waals surface area contributed by atoms with E-state index < -0.39 is 17.7 Å². The van der Waals surface area contributed by atoms with Crippen LogP contribution in [0.4, 0.5) is 14.5 Å². The minimum atomic E-state index is -0.995. The van der Waals surface area contributed by atoms with Crippen LogP contribution in [-0.4, -0.2) is 53.8 Å². The highest BCUT2D eigenvalue weighted by atomic mass is 19.2. The number of rotatable bonds is 5. The second-order valence-electron chi connectivity index (χ2n) is 6.31. The molecule has 0 saturated carbocycles. The summed E-state index contributed by atoms with van der Waals surface area (Å²) in [6, 6.07) is 2.86. The van der Waals surface area contributed by atoms with E-state index in [9.17, 15) is 18.4 Å². The summed E-state index contributed by atoms with van der Waals surface area (Å²) in [5.41, 5.74) is 0.227. The first-order chi connectivity index (χ1) is 11.9. The van der Waals surface area contributed by atoms with Crippen LogP contribution in [0.3, 0.4) is 0 Å². The molecule has 0 unspecified atom stereocenters. The van der Waals surface area contributed by atoms with E-state index in [4.69, 9.17) is 0 Å². The second kappa shape index (κ2) is 8.89. The Balaban J connectivity index is 1.92. The highest BCUT2D eigenvalue weighted by Crippen LogP contribution is 2.15. The molecule has 25 heavy (non-hydrogen) atoms. The summed E-state index contributed by atoms with van der Waals surface area (Å²) >= 11 is 0. The molecule has 0 aromatic heterocycles. The Labute approximate surface area is 147 Å². The second-order valence-corrected chi connectivity index (χ2v) is 6.31. The van der Waals surface area contributed by atoms with Gasteiger partial charge in [0.15, 0.2) is 11.6 Å². The maximum Gasteiger partial charge on any atom is 0.241 e. The molecule has 5 nitrogen and oxygen atoms in total. The number of nitrogens with one attached hydrogen (secondary N) is 1. The van der Waals surface area contributed by atoms with Crippen molar-refractivity contribution >= 4 is 17.5 Å². The largest absolute Gasteiger partial charge is 0.341 e. The Kier molecular flexibility index (Phi) is 6.87. The number of nitrogens with zero attached hydrogens (tertiary/aromatic N) is 2. The summed E-state index contributed by atoms with van der Waals surface area (Å²) in [6.07, 6.45) is 2.18. The van der Waals surface area contributed by atoms with E-state index in [1.165, 1.54) is 6.07 Å². The van der Waals surface area contributed by atoms with Crippen LogP contribution in [0.5, 0.6) is 0 Å². The van der Waals surface area contributed by atoms with Gasteiger partial charge in [0, 0.05) is 44.4 Å². The van der Waals surface area contributed by atoms with Gasteiger partial charge in [0.1, 0.15) is 0 Å². The molecule has 2 amide bonds. The standard InChI is InChI=1S/C18H25F2N3O2/c1-3-5-17(24)23-9-4-8-22(10-11-23)13(2)18(25)21-14-6-7-15(19)16(20)12-14/h6-7,12-13H,3-5,8-11H2,1-2H3,(H,21,25)/t13-/m0/s1. The molecule has 1 atom stereocenters. The molecule has 1 fully saturated rings. The molecular formula is C18H25F2N3O2. The van der Waals surface area contributed by atoms with E-state index in [-0.39, 0.29) is 17.5 Å². The molecule has 0 aliphatic carbocycles. The molecule has 1 aliphatic heterocycles. The molecule has 7 heteroatoms. The van der Waals surface area contributed by atoms with Crippen molar-refractivity contribution in [3.05, 3.63) is 29.8 Å². The van der Waals surface area contributed by atoms with E-state index in [2.05, 4.69) is 5.32 Å². The van der Waals surface area contributed by atoms with E-state index in [1.54, 1.807) is 6.92 Å². The lowest BCUT2D eigenvalue weighted by atomic mass is 10.2. The van der Waals surface area contributed by atoms with Crippen LogP contribution in [0.2, 0.25) is 0 Å². The predicted molar refractivity (Wildman–Crippen MR) is 92.1 cm³/mol. The van der Waals surface area contributed by atoms with Crippen LogP contribution in [0.15, 0.2) is 18.2 Å². The summed E-state index contributed by atoms with van der Waals surface area (Å²) < 4.78 is 26.2. The smallest absolute Gasteiger partial charge is 0.241 e. The molecule has 1 N–H and O–H groups in total. The fourth-order valence-corrected chi connectivity index (χ4v) is 2.93. The van der Waals surface area contributed by atoms with Crippen molar-refractivity contribution in [3.8, 4) is 0 Å². The lowest BCUT2D eigenvalue weighted by Crippen LogP contribution is -2.44. The van der Waals surface area contributed by atoms with Crippen LogP contribution >= 0.6 is 0 Å². The van der Waals surface area contributed by atoms with Crippen molar-refractivity contribution in [1.29, 1.82) is 0 Å². The van der Waals surface area contributed by atoms with Gasteiger partial charge in [-0.3, -0.25) is 14.5 Å². The average Bonchev–Trinajstić information content (AvgIpc) is 2.84. The van der Waals surface area contributed by atoms with Gasteiger partial charge in [0.2, 0.25) is 11.8 Å². The number of benzene rings is 1. The average molecular weight is 353 g/mol. The van der Waals surface area contributed by atoms with Gasteiger partial charge >= 0.3 is 0 Å². The van der Waals surface area contributed by atoms with Crippen LogP contribution in [0.1, 0.15) is 33.1 Å². The molecule has 1 heterocycles. The van der Waals surface area contributed by atoms with E-state index in [0.717, 1.165) is 25.0 Å². The normalized spacial score (nSPS) is 17.0. The maximum absolute atomic E-state index is 13.2. The fraction of sp³-hybridized carbons (Fsp3) is 0.556. The highest BCUT2D eigenvalue weighted by molar-refractivity contribution is 5.94. The predicted octanol–water partition coefficient (Wildman–Crippen LogP) is 2.63. The van der Waals surface area contributed by atoms with Crippen molar-refractivity contribution < 1.29 is 18.4 Å². The number of carbonyl (C=O) groups excluding carboxylic acids is 2. The monoisotopic (exact) mass is 353 g/mol. The van der Waals surface area contributed by atoms with Gasteiger partial charge in [-0.2, -0.15) is 0 Å². The van der Waals surface area contributed by atoms with E-state index in [0.29, 0.717) is 32.6 Å². The molecule has 0 radical (unpaired) electrons. The van der Waals surface area contributed by atoms with Crippen molar-refractivity contribution in [2.24, 2.45) is 0 Å².